The molecule has 16 heavy (non-hydrogen) atoms. The van der Waals surface area contributed by atoms with Crippen molar-refractivity contribution in [2.45, 2.75) is 13.8 Å². The van der Waals surface area contributed by atoms with Crippen molar-refractivity contribution in [1.82, 2.24) is 10.2 Å². The maximum Gasteiger partial charge on any atom is 0.256 e. The number of aryl methyl sites for hydroxylation is 2. The summed E-state index contributed by atoms with van der Waals surface area (Å²) in [4.78, 5) is 11.9. The van der Waals surface area contributed by atoms with Crippen LogP contribution in [0.2, 0.25) is 0 Å². The molecule has 1 amide bonds. The SMILES string of the molecule is Cc1n[nH]c(C)c1NC(=O)c1csc(I)c1. The van der Waals surface area contributed by atoms with E-state index >= 15 is 0 Å². The van der Waals surface area contributed by atoms with E-state index < -0.39 is 0 Å². The lowest BCUT2D eigenvalue weighted by molar-refractivity contribution is 0.102. The number of carbonyl (C=O) groups excluding carboxylic acids is 1. The second-order valence-electron chi connectivity index (χ2n) is 3.40. The molecule has 6 heteroatoms. The van der Waals surface area contributed by atoms with Crippen LogP contribution in [0, 0.1) is 16.7 Å². The first-order valence-corrected chi connectivity index (χ1v) is 6.60. The molecule has 84 valence electrons. The molecule has 2 aromatic rings. The molecule has 0 unspecified atom stereocenters. The van der Waals surface area contributed by atoms with E-state index in [2.05, 4.69) is 38.1 Å². The highest BCUT2D eigenvalue weighted by Gasteiger charge is 2.12. The smallest absolute Gasteiger partial charge is 0.256 e. The van der Waals surface area contributed by atoms with Crippen LogP contribution in [0.3, 0.4) is 0 Å². The Morgan fingerprint density at radius 3 is 2.81 bits per heavy atom. The molecular weight excluding hydrogens is 337 g/mol. The highest BCUT2D eigenvalue weighted by Crippen LogP contribution is 2.20. The van der Waals surface area contributed by atoms with Gasteiger partial charge in [-0.1, -0.05) is 0 Å². The summed E-state index contributed by atoms with van der Waals surface area (Å²) < 4.78 is 1.10. The summed E-state index contributed by atoms with van der Waals surface area (Å²) in [7, 11) is 0. The molecule has 0 fully saturated rings. The van der Waals surface area contributed by atoms with E-state index in [0.717, 1.165) is 20.0 Å². The van der Waals surface area contributed by atoms with Crippen molar-refractivity contribution < 1.29 is 4.79 Å². The molecule has 2 heterocycles. The van der Waals surface area contributed by atoms with Gasteiger partial charge in [0, 0.05) is 5.38 Å². The molecule has 2 aromatic heterocycles. The maximum absolute atomic E-state index is 11.9. The van der Waals surface area contributed by atoms with E-state index in [4.69, 9.17) is 0 Å². The monoisotopic (exact) mass is 347 g/mol. The molecule has 2 rings (SSSR count). The van der Waals surface area contributed by atoms with Gasteiger partial charge in [-0.3, -0.25) is 9.89 Å². The van der Waals surface area contributed by atoms with Crippen molar-refractivity contribution in [3.05, 3.63) is 31.3 Å². The fourth-order valence-electron chi connectivity index (χ4n) is 1.35. The molecule has 0 bridgehead atoms. The van der Waals surface area contributed by atoms with E-state index in [-0.39, 0.29) is 5.91 Å². The number of halogens is 1. The summed E-state index contributed by atoms with van der Waals surface area (Å²) in [5, 5.41) is 11.6. The van der Waals surface area contributed by atoms with Crippen LogP contribution < -0.4 is 5.32 Å². The quantitative estimate of drug-likeness (QED) is 0.821. The van der Waals surface area contributed by atoms with Gasteiger partial charge >= 0.3 is 0 Å². The minimum Gasteiger partial charge on any atom is -0.319 e. The first-order chi connectivity index (χ1) is 7.58. The van der Waals surface area contributed by atoms with Gasteiger partial charge in [0.25, 0.3) is 5.91 Å². The first kappa shape index (κ1) is 11.6. The lowest BCUT2D eigenvalue weighted by atomic mass is 10.2. The zero-order chi connectivity index (χ0) is 11.7. The third kappa shape index (κ3) is 2.27. The molecule has 2 N–H and O–H groups in total. The number of H-pyrrole nitrogens is 1. The zero-order valence-electron chi connectivity index (χ0n) is 8.80. The number of aromatic amines is 1. The topological polar surface area (TPSA) is 57.8 Å². The van der Waals surface area contributed by atoms with Crippen LogP contribution in [0.5, 0.6) is 0 Å². The standard InChI is InChI=1S/C10H10IN3OS/c1-5-9(6(2)14-13-5)12-10(15)7-3-8(11)16-4-7/h3-4H,1-2H3,(H,12,15)(H,13,14). The molecule has 0 spiro atoms. The molecule has 0 saturated heterocycles. The van der Waals surface area contributed by atoms with Crippen LogP contribution in [0.15, 0.2) is 11.4 Å². The number of rotatable bonds is 2. The third-order valence-electron chi connectivity index (χ3n) is 2.20. The van der Waals surface area contributed by atoms with Crippen LogP contribution in [-0.4, -0.2) is 16.1 Å². The van der Waals surface area contributed by atoms with Gasteiger partial charge in [-0.25, -0.2) is 0 Å². The highest BCUT2D eigenvalue weighted by molar-refractivity contribution is 14.1. The van der Waals surface area contributed by atoms with Gasteiger partial charge in [-0.15, -0.1) is 11.3 Å². The van der Waals surface area contributed by atoms with Gasteiger partial charge in [0.05, 0.1) is 25.5 Å². The number of amides is 1. The van der Waals surface area contributed by atoms with Crippen LogP contribution >= 0.6 is 33.9 Å². The average Bonchev–Trinajstić information content (AvgIpc) is 2.79. The average molecular weight is 347 g/mol. The summed E-state index contributed by atoms with van der Waals surface area (Å²) in [6.45, 7) is 3.74. The fraction of sp³-hybridized carbons (Fsp3) is 0.200. The number of thiophene rings is 1. The van der Waals surface area contributed by atoms with Crippen molar-refractivity contribution in [1.29, 1.82) is 0 Å². The Morgan fingerprint density at radius 1 is 1.56 bits per heavy atom. The Kier molecular flexibility index (Phi) is 3.29. The fourth-order valence-corrected chi connectivity index (χ4v) is 2.68. The van der Waals surface area contributed by atoms with E-state index in [9.17, 15) is 4.79 Å². The number of anilines is 1. The van der Waals surface area contributed by atoms with Gasteiger partial charge in [0.2, 0.25) is 0 Å². The van der Waals surface area contributed by atoms with E-state index in [1.807, 2.05) is 25.3 Å². The van der Waals surface area contributed by atoms with Crippen LogP contribution in [-0.2, 0) is 0 Å². The number of hydrogen-bond donors (Lipinski definition) is 2. The molecule has 0 aliphatic heterocycles. The number of aromatic nitrogens is 2. The molecular formula is C10H10IN3OS. The third-order valence-corrected chi connectivity index (χ3v) is 3.99. The predicted octanol–water partition coefficient (Wildman–Crippen LogP) is 2.94. The normalized spacial score (nSPS) is 10.4. The van der Waals surface area contributed by atoms with E-state index in [1.54, 1.807) is 11.3 Å². The molecule has 0 aromatic carbocycles. The summed E-state index contributed by atoms with van der Waals surface area (Å²) in [5.74, 6) is -0.0910. The Hall–Kier alpha value is -0.890. The lowest BCUT2D eigenvalue weighted by Gasteiger charge is -2.02. The highest BCUT2D eigenvalue weighted by atomic mass is 127. The van der Waals surface area contributed by atoms with Crippen LogP contribution in [0.25, 0.3) is 0 Å². The maximum atomic E-state index is 11.9. The van der Waals surface area contributed by atoms with Crippen molar-refractivity contribution in [2.75, 3.05) is 5.32 Å². The summed E-state index contributed by atoms with van der Waals surface area (Å²) in [5.41, 5.74) is 3.13. The zero-order valence-corrected chi connectivity index (χ0v) is 11.8. The number of carbonyl (C=O) groups is 1. The Balaban J connectivity index is 2.20. The van der Waals surface area contributed by atoms with E-state index in [0.29, 0.717) is 5.56 Å². The summed E-state index contributed by atoms with van der Waals surface area (Å²) >= 11 is 3.75. The summed E-state index contributed by atoms with van der Waals surface area (Å²) in [6, 6.07) is 1.87. The minimum absolute atomic E-state index is 0.0910. The second kappa shape index (κ2) is 4.54. The molecule has 0 atom stereocenters. The minimum atomic E-state index is -0.0910. The van der Waals surface area contributed by atoms with E-state index in [1.165, 1.54) is 0 Å². The molecule has 0 saturated carbocycles. The van der Waals surface area contributed by atoms with Crippen molar-refractivity contribution >= 4 is 45.5 Å². The van der Waals surface area contributed by atoms with Gasteiger partial charge < -0.3 is 5.32 Å². The largest absolute Gasteiger partial charge is 0.319 e. The van der Waals surface area contributed by atoms with Gasteiger partial charge in [0.1, 0.15) is 0 Å². The van der Waals surface area contributed by atoms with Gasteiger partial charge in [0.15, 0.2) is 0 Å². The molecule has 0 aliphatic rings. The Labute approximate surface area is 111 Å². The number of nitrogens with zero attached hydrogens (tertiary/aromatic N) is 1. The molecule has 0 aliphatic carbocycles. The number of nitrogens with one attached hydrogen (secondary N) is 2. The second-order valence-corrected chi connectivity index (χ2v) is 6.21. The van der Waals surface area contributed by atoms with Crippen molar-refractivity contribution in [3.8, 4) is 0 Å². The Bertz CT molecular complexity index is 512. The number of hydrogen-bond acceptors (Lipinski definition) is 3. The Morgan fingerprint density at radius 2 is 2.31 bits per heavy atom. The van der Waals surface area contributed by atoms with Crippen LogP contribution in [0.1, 0.15) is 21.7 Å². The molecule has 0 radical (unpaired) electrons. The van der Waals surface area contributed by atoms with Gasteiger partial charge in [-0.05, 0) is 42.5 Å². The predicted molar refractivity (Wildman–Crippen MR) is 73.1 cm³/mol. The summed E-state index contributed by atoms with van der Waals surface area (Å²) in [6.07, 6.45) is 0. The van der Waals surface area contributed by atoms with Gasteiger partial charge in [-0.2, -0.15) is 5.10 Å². The lowest BCUT2D eigenvalue weighted by Crippen LogP contribution is -2.11. The molecule has 4 nitrogen and oxygen atoms in total. The van der Waals surface area contributed by atoms with Crippen molar-refractivity contribution in [3.63, 3.8) is 0 Å². The first-order valence-electron chi connectivity index (χ1n) is 4.65. The van der Waals surface area contributed by atoms with Crippen molar-refractivity contribution in [2.24, 2.45) is 0 Å². The van der Waals surface area contributed by atoms with Crippen LogP contribution in [0.4, 0.5) is 5.69 Å².